The Bertz CT molecular complexity index is 927. The number of amides is 1. The zero-order valence-electron chi connectivity index (χ0n) is 13.8. The molecule has 4 nitrogen and oxygen atoms in total. The van der Waals surface area contributed by atoms with Crippen LogP contribution in [-0.4, -0.2) is 21.0 Å². The van der Waals surface area contributed by atoms with E-state index in [4.69, 9.17) is 105 Å². The zero-order valence-corrected chi connectivity index (χ0v) is 20.7. The van der Waals surface area contributed by atoms with Gasteiger partial charge in [0.15, 0.2) is 5.11 Å². The molecule has 2 aromatic carbocycles. The molecule has 0 saturated carbocycles. The van der Waals surface area contributed by atoms with E-state index in [9.17, 15) is 4.79 Å². The van der Waals surface area contributed by atoms with Crippen LogP contribution in [0.2, 0.25) is 25.1 Å². The second-order valence-corrected chi connectivity index (χ2v) is 10.3. The quantitative estimate of drug-likeness (QED) is 0.203. The van der Waals surface area contributed by atoms with E-state index in [1.54, 1.807) is 0 Å². The van der Waals surface area contributed by atoms with Crippen LogP contribution in [0.25, 0.3) is 0 Å². The molecule has 0 radical (unpaired) electrons. The third-order valence-electron chi connectivity index (χ3n) is 3.30. The SMILES string of the molecule is O=C(NC(NC(=S)Nc1c(Cl)cc(Cl)cc1Cl)C(Cl)(Cl)Cl)c1ccc(Cl)cc1Cl. The molecule has 2 aromatic rings. The molecule has 0 heterocycles. The molecular weight excluding hydrogens is 566 g/mol. The molecule has 1 amide bonds. The largest absolute Gasteiger partial charge is 0.339 e. The number of carbonyl (C=O) groups is 1. The number of hydrogen-bond donors (Lipinski definition) is 3. The van der Waals surface area contributed by atoms with Gasteiger partial charge in [-0.2, -0.15) is 0 Å². The van der Waals surface area contributed by atoms with Crippen molar-refractivity contribution in [2.24, 2.45) is 0 Å². The molecule has 13 heteroatoms. The standard InChI is InChI=1S/C16H9Cl8N3OS/c17-6-1-2-8(9(19)3-6)13(28)26-14(16(22,23)24)27-15(29)25-12-10(20)4-7(18)5-11(12)21/h1-5,14H,(H,26,28)(H2,25,27,29). The molecule has 1 unspecified atom stereocenters. The highest BCUT2D eigenvalue weighted by Crippen LogP contribution is 2.34. The van der Waals surface area contributed by atoms with Gasteiger partial charge in [-0.3, -0.25) is 4.79 Å². The van der Waals surface area contributed by atoms with Crippen molar-refractivity contribution in [1.82, 2.24) is 10.6 Å². The van der Waals surface area contributed by atoms with Gasteiger partial charge >= 0.3 is 0 Å². The molecule has 2 rings (SSSR count). The van der Waals surface area contributed by atoms with Gasteiger partial charge in [-0.15, -0.1) is 0 Å². The van der Waals surface area contributed by atoms with Crippen molar-refractivity contribution in [2.45, 2.75) is 9.96 Å². The maximum Gasteiger partial charge on any atom is 0.254 e. The van der Waals surface area contributed by atoms with Crippen molar-refractivity contribution >= 4 is 122 Å². The van der Waals surface area contributed by atoms with E-state index in [2.05, 4.69) is 16.0 Å². The highest BCUT2D eigenvalue weighted by molar-refractivity contribution is 7.80. The van der Waals surface area contributed by atoms with Gasteiger partial charge in [0, 0.05) is 10.0 Å². The minimum absolute atomic E-state index is 0.0325. The van der Waals surface area contributed by atoms with Crippen LogP contribution in [-0.2, 0) is 0 Å². The first kappa shape index (κ1) is 25.2. The predicted molar refractivity (Wildman–Crippen MR) is 129 cm³/mol. The number of hydrogen-bond acceptors (Lipinski definition) is 2. The van der Waals surface area contributed by atoms with Crippen LogP contribution >= 0.6 is 105 Å². The van der Waals surface area contributed by atoms with Crippen LogP contribution in [0, 0.1) is 0 Å². The fourth-order valence-electron chi connectivity index (χ4n) is 2.02. The molecule has 0 saturated heterocycles. The van der Waals surface area contributed by atoms with Crippen LogP contribution in [0.3, 0.4) is 0 Å². The highest BCUT2D eigenvalue weighted by atomic mass is 35.6. The summed E-state index contributed by atoms with van der Waals surface area (Å²) in [5.41, 5.74) is 0.408. The maximum absolute atomic E-state index is 12.5. The molecule has 0 spiro atoms. The third kappa shape index (κ3) is 7.23. The molecule has 3 N–H and O–H groups in total. The molecule has 0 aliphatic heterocycles. The number of carbonyl (C=O) groups excluding carboxylic acids is 1. The number of benzene rings is 2. The van der Waals surface area contributed by atoms with Crippen LogP contribution < -0.4 is 16.0 Å². The summed E-state index contributed by atoms with van der Waals surface area (Å²) in [6, 6.07) is 7.27. The van der Waals surface area contributed by atoms with E-state index >= 15 is 0 Å². The average molecular weight is 575 g/mol. The first-order chi connectivity index (χ1) is 13.4. The van der Waals surface area contributed by atoms with Gasteiger partial charge < -0.3 is 16.0 Å². The van der Waals surface area contributed by atoms with Crippen molar-refractivity contribution < 1.29 is 4.79 Å². The Morgan fingerprint density at radius 3 is 1.93 bits per heavy atom. The van der Waals surface area contributed by atoms with E-state index in [0.29, 0.717) is 10.0 Å². The fraction of sp³-hybridized carbons (Fsp3) is 0.125. The normalized spacial score (nSPS) is 12.3. The Balaban J connectivity index is 2.17. The van der Waals surface area contributed by atoms with Crippen molar-refractivity contribution in [3.05, 3.63) is 61.0 Å². The lowest BCUT2D eigenvalue weighted by Crippen LogP contribution is -2.56. The monoisotopic (exact) mass is 571 g/mol. The molecule has 29 heavy (non-hydrogen) atoms. The number of halogens is 8. The lowest BCUT2D eigenvalue weighted by Gasteiger charge is -2.28. The fourth-order valence-corrected chi connectivity index (χ4v) is 3.98. The summed E-state index contributed by atoms with van der Waals surface area (Å²) in [5, 5.41) is 9.18. The molecule has 1 atom stereocenters. The van der Waals surface area contributed by atoms with E-state index in [1.807, 2.05) is 0 Å². The maximum atomic E-state index is 12.5. The first-order valence-electron chi connectivity index (χ1n) is 7.43. The second kappa shape index (κ2) is 10.5. The summed E-state index contributed by atoms with van der Waals surface area (Å²) < 4.78 is -1.98. The number of alkyl halides is 3. The van der Waals surface area contributed by atoms with E-state index < -0.39 is 15.9 Å². The lowest BCUT2D eigenvalue weighted by atomic mass is 10.2. The molecule has 0 fully saturated rings. The predicted octanol–water partition coefficient (Wildman–Crippen LogP) is 7.37. The van der Waals surface area contributed by atoms with Gasteiger partial charge in [-0.1, -0.05) is 92.8 Å². The molecule has 0 aliphatic rings. The average Bonchev–Trinajstić information content (AvgIpc) is 2.56. The minimum atomic E-state index is -1.98. The second-order valence-electron chi connectivity index (χ2n) is 5.42. The van der Waals surface area contributed by atoms with Crippen molar-refractivity contribution in [3.8, 4) is 0 Å². The lowest BCUT2D eigenvalue weighted by molar-refractivity contribution is 0.0934. The summed E-state index contributed by atoms with van der Waals surface area (Å²) in [4.78, 5) is 12.5. The summed E-state index contributed by atoms with van der Waals surface area (Å²) in [6.45, 7) is 0. The van der Waals surface area contributed by atoms with Gasteiger partial charge in [0.05, 0.1) is 26.3 Å². The molecule has 0 aromatic heterocycles. The van der Waals surface area contributed by atoms with E-state index in [1.165, 1.54) is 30.3 Å². The number of anilines is 1. The summed E-state index contributed by atoms with van der Waals surface area (Å²) >= 11 is 53.1. The molecule has 0 aliphatic carbocycles. The van der Waals surface area contributed by atoms with Crippen LogP contribution in [0.4, 0.5) is 5.69 Å². The zero-order chi connectivity index (χ0) is 21.9. The summed E-state index contributed by atoms with van der Waals surface area (Å²) in [6.07, 6.45) is -1.24. The van der Waals surface area contributed by atoms with Gasteiger partial charge in [0.2, 0.25) is 3.79 Å². The Morgan fingerprint density at radius 2 is 1.41 bits per heavy atom. The summed E-state index contributed by atoms with van der Waals surface area (Å²) in [7, 11) is 0. The Morgan fingerprint density at radius 1 is 0.862 bits per heavy atom. The smallest absolute Gasteiger partial charge is 0.254 e. The van der Waals surface area contributed by atoms with E-state index in [0.717, 1.165) is 0 Å². The minimum Gasteiger partial charge on any atom is -0.339 e. The van der Waals surface area contributed by atoms with Crippen LogP contribution in [0.5, 0.6) is 0 Å². The topological polar surface area (TPSA) is 53.2 Å². The van der Waals surface area contributed by atoms with Gasteiger partial charge in [-0.05, 0) is 42.5 Å². The van der Waals surface area contributed by atoms with Gasteiger partial charge in [0.25, 0.3) is 5.91 Å². The van der Waals surface area contributed by atoms with Crippen molar-refractivity contribution in [1.29, 1.82) is 0 Å². The van der Waals surface area contributed by atoms with Gasteiger partial charge in [-0.25, -0.2) is 0 Å². The van der Waals surface area contributed by atoms with Crippen LogP contribution in [0.15, 0.2) is 30.3 Å². The Hall–Kier alpha value is -0.0800. The molecular formula is C16H9Cl8N3OS. The Kier molecular flexibility index (Phi) is 9.11. The third-order valence-corrected chi connectivity index (χ3v) is 5.54. The van der Waals surface area contributed by atoms with Crippen molar-refractivity contribution in [2.75, 3.05) is 5.32 Å². The number of thiocarbonyl (C=S) groups is 1. The first-order valence-corrected chi connectivity index (χ1v) is 10.9. The van der Waals surface area contributed by atoms with Crippen molar-refractivity contribution in [3.63, 3.8) is 0 Å². The summed E-state index contributed by atoms with van der Waals surface area (Å²) in [5.74, 6) is -0.624. The van der Waals surface area contributed by atoms with E-state index in [-0.39, 0.29) is 31.4 Å². The van der Waals surface area contributed by atoms with Crippen LogP contribution in [0.1, 0.15) is 10.4 Å². The number of rotatable bonds is 4. The Labute approximate surface area is 212 Å². The number of nitrogens with one attached hydrogen (secondary N) is 3. The molecule has 0 bridgehead atoms. The van der Waals surface area contributed by atoms with Gasteiger partial charge in [0.1, 0.15) is 6.17 Å². The highest BCUT2D eigenvalue weighted by Gasteiger charge is 2.35. The molecule has 156 valence electrons.